The summed E-state index contributed by atoms with van der Waals surface area (Å²) in [5, 5.41) is 37.9. The smallest absolute Gasteiger partial charge is 0.219 e. The molecule has 6 atom stereocenters. The lowest BCUT2D eigenvalue weighted by molar-refractivity contribution is -0.131. The van der Waals surface area contributed by atoms with Crippen LogP contribution in [-0.2, 0) is 53.9 Å². The Morgan fingerprint density at radius 2 is 1.03 bits per heavy atom. The van der Waals surface area contributed by atoms with Crippen LogP contribution in [0.2, 0.25) is 0 Å². The summed E-state index contributed by atoms with van der Waals surface area (Å²) in [5.74, 6) is -3.48. The van der Waals surface area contributed by atoms with Crippen LogP contribution in [0.4, 0.5) is 17.6 Å². The van der Waals surface area contributed by atoms with Gasteiger partial charge in [0, 0.05) is 72.6 Å². The van der Waals surface area contributed by atoms with Crippen molar-refractivity contribution in [2.75, 3.05) is 39.3 Å². The second-order valence-electron chi connectivity index (χ2n) is 22.1. The minimum absolute atomic E-state index is 0. The molecule has 2 fully saturated rings. The topological polar surface area (TPSA) is 172 Å². The van der Waals surface area contributed by atoms with E-state index >= 15 is 0 Å². The van der Waals surface area contributed by atoms with Crippen LogP contribution in [0.1, 0.15) is 143 Å². The third-order valence-electron chi connectivity index (χ3n) is 13.6. The van der Waals surface area contributed by atoms with Crippen LogP contribution in [0.15, 0.2) is 84.9 Å². The highest BCUT2D eigenvalue weighted by molar-refractivity contribution is 6.62. The number of nitrogens with zero attached hydrogens (tertiary/aromatic N) is 1. The van der Waals surface area contributed by atoms with Crippen molar-refractivity contribution < 1.29 is 47.0 Å². The number of halogens is 5. The molecule has 6 unspecified atom stereocenters. The number of aliphatic hydroxyl groups is 2. The molecule has 428 valence electrons. The Hall–Kier alpha value is -5.23. The Kier molecular flexibility index (Phi) is 26.6. The molecule has 0 aliphatic carbocycles. The van der Waals surface area contributed by atoms with E-state index in [0.717, 1.165) is 61.1 Å². The molecule has 4 aromatic carbocycles. The monoisotopic (exact) mass is 1100 g/mol. The number of carbonyl (C=O) groups is 4. The summed E-state index contributed by atoms with van der Waals surface area (Å²) in [4.78, 5) is 47.0. The number of carbonyl (C=O) groups excluding carboxylic acids is 4. The molecule has 0 radical (unpaired) electrons. The Bertz CT molecular complexity index is 2510. The molecule has 0 bridgehead atoms. The largest absolute Gasteiger partial charge is 0.390 e. The molecule has 0 saturated carbocycles. The highest BCUT2D eigenvalue weighted by Crippen LogP contribution is 2.36. The van der Waals surface area contributed by atoms with Crippen molar-refractivity contribution in [2.45, 2.75) is 169 Å². The van der Waals surface area contributed by atoms with Crippen molar-refractivity contribution in [3.05, 3.63) is 142 Å². The summed E-state index contributed by atoms with van der Waals surface area (Å²) >= 11 is 4.64. The Balaban J connectivity index is 0.000000482. The molecule has 77 heavy (non-hydrogen) atoms. The molecular formula is C60H87ClF4N6O6. The molecule has 6 rings (SSSR count). The van der Waals surface area contributed by atoms with Crippen molar-refractivity contribution in [1.29, 1.82) is 0 Å². The minimum atomic E-state index is -1.05. The van der Waals surface area contributed by atoms with E-state index in [1.807, 2.05) is 17.0 Å². The molecule has 2 aliphatic heterocycles. The summed E-state index contributed by atoms with van der Waals surface area (Å²) in [5.41, 5.74) is 4.27. The first-order valence-corrected chi connectivity index (χ1v) is 26.0. The van der Waals surface area contributed by atoms with Crippen LogP contribution in [0.3, 0.4) is 0 Å². The van der Waals surface area contributed by atoms with Crippen LogP contribution in [0.5, 0.6) is 0 Å². The van der Waals surface area contributed by atoms with E-state index in [-0.39, 0.29) is 80.1 Å². The van der Waals surface area contributed by atoms with Gasteiger partial charge in [0.1, 0.15) is 23.3 Å². The van der Waals surface area contributed by atoms with Gasteiger partial charge in [-0.05, 0) is 125 Å². The van der Waals surface area contributed by atoms with Crippen molar-refractivity contribution in [1.82, 2.24) is 31.5 Å². The van der Waals surface area contributed by atoms with Crippen LogP contribution in [0, 0.1) is 23.3 Å². The van der Waals surface area contributed by atoms with Gasteiger partial charge in [0.15, 0.2) is 0 Å². The number of nitrogens with one attached hydrogen (secondary N) is 5. The van der Waals surface area contributed by atoms with Gasteiger partial charge in [-0.2, -0.15) is 0 Å². The third kappa shape index (κ3) is 21.5. The normalized spacial score (nSPS) is 18.9. The number of hydrogen-bond acceptors (Lipinski definition) is 9. The van der Waals surface area contributed by atoms with E-state index in [1.54, 1.807) is 6.92 Å². The maximum atomic E-state index is 13.8. The van der Waals surface area contributed by atoms with E-state index in [0.29, 0.717) is 30.8 Å². The molecule has 0 spiro atoms. The zero-order valence-electron chi connectivity index (χ0n) is 45.2. The first-order valence-electron chi connectivity index (χ1n) is 25.7. The standard InChI is InChI=1S/C29H39F2N3O3.C27H37F2N3O2.C2H3ClO.2CH4/c1-19(35)33-26(14-21-12-24(30)16-25(31)13-21)27(37)17-32-29(10-7-11-34(18-29)20(2)36)23-9-6-8-22(15-23)28(3,4)5;1-18(33)32-24(13-19-11-22(28)15-23(29)12-19)25(34)16-31-27(9-6-10-30-17-27)21-8-5-7-20(14-21)26(2,3)4;1-2(3)4;;/h6,8-9,12-13,15-16,26-27,32,37H,7,10-11,14,17-18H2,1-5H3,(H,33,35);5,7-8,11-12,14-15,24-25,30-31,34H,6,9-10,13,16-17H2,1-4H3,(H,32,33);1H3;2*1H4. The second kappa shape index (κ2) is 30.2. The molecule has 2 heterocycles. The van der Waals surface area contributed by atoms with E-state index < -0.39 is 53.1 Å². The summed E-state index contributed by atoms with van der Waals surface area (Å²) in [6.07, 6.45) is 1.61. The first-order chi connectivity index (χ1) is 35.0. The van der Waals surface area contributed by atoms with E-state index in [2.05, 4.69) is 116 Å². The van der Waals surface area contributed by atoms with Gasteiger partial charge >= 0.3 is 0 Å². The lowest BCUT2D eigenvalue weighted by atomic mass is 9.78. The fraction of sp³-hybridized carbons (Fsp3) is 0.533. The molecule has 4 aromatic rings. The Morgan fingerprint density at radius 3 is 1.39 bits per heavy atom. The quantitative estimate of drug-likeness (QED) is 0.0427. The van der Waals surface area contributed by atoms with Crippen molar-refractivity contribution in [3.8, 4) is 0 Å². The highest BCUT2D eigenvalue weighted by atomic mass is 35.5. The molecule has 2 saturated heterocycles. The predicted molar refractivity (Wildman–Crippen MR) is 301 cm³/mol. The molecule has 17 heteroatoms. The Labute approximate surface area is 460 Å². The van der Waals surface area contributed by atoms with Crippen molar-refractivity contribution >= 4 is 34.6 Å². The number of rotatable bonds is 16. The summed E-state index contributed by atoms with van der Waals surface area (Å²) in [6, 6.07) is 21.8. The lowest BCUT2D eigenvalue weighted by Gasteiger charge is -2.45. The molecule has 12 nitrogen and oxygen atoms in total. The molecule has 7 N–H and O–H groups in total. The number of hydrogen-bond donors (Lipinski definition) is 7. The number of benzene rings is 4. The van der Waals surface area contributed by atoms with Gasteiger partial charge in [-0.3, -0.25) is 19.2 Å². The molecule has 2 aliphatic rings. The maximum absolute atomic E-state index is 13.8. The first kappa shape index (κ1) is 67.9. The highest BCUT2D eigenvalue weighted by Gasteiger charge is 2.40. The lowest BCUT2D eigenvalue weighted by Crippen LogP contribution is -2.58. The predicted octanol–water partition coefficient (Wildman–Crippen LogP) is 9.38. The molecule has 0 aromatic heterocycles. The zero-order valence-corrected chi connectivity index (χ0v) is 46.0. The summed E-state index contributed by atoms with van der Waals surface area (Å²) < 4.78 is 54.9. The summed E-state index contributed by atoms with van der Waals surface area (Å²) in [7, 11) is 0. The molecular weight excluding hydrogens is 1010 g/mol. The van der Waals surface area contributed by atoms with Gasteiger partial charge in [0.05, 0.1) is 35.4 Å². The van der Waals surface area contributed by atoms with Gasteiger partial charge in [0.25, 0.3) is 0 Å². The Morgan fingerprint density at radius 1 is 0.636 bits per heavy atom. The van der Waals surface area contributed by atoms with Gasteiger partial charge in [-0.15, -0.1) is 0 Å². The average molecular weight is 1100 g/mol. The van der Waals surface area contributed by atoms with E-state index in [1.165, 1.54) is 50.6 Å². The number of likely N-dealkylation sites (tertiary alicyclic amines) is 1. The van der Waals surface area contributed by atoms with Crippen LogP contribution >= 0.6 is 11.6 Å². The van der Waals surface area contributed by atoms with Crippen molar-refractivity contribution in [3.63, 3.8) is 0 Å². The number of piperidine rings is 2. The van der Waals surface area contributed by atoms with E-state index in [9.17, 15) is 47.0 Å². The number of amides is 3. The van der Waals surface area contributed by atoms with Gasteiger partial charge in [0.2, 0.25) is 23.0 Å². The van der Waals surface area contributed by atoms with Crippen LogP contribution in [0.25, 0.3) is 0 Å². The SMILES string of the molecule is C.C.CC(=O)Cl.CC(=O)NC(Cc1cc(F)cc(F)c1)C(O)CNC1(c2cccc(C(C)(C)C)c2)CCCN(C(C)=O)C1.CC(=O)NC(Cc1cc(F)cc(F)c1)C(O)CNC1(c2cccc(C(C)(C)C)c2)CCCNC1. The minimum Gasteiger partial charge on any atom is -0.390 e. The fourth-order valence-electron chi connectivity index (χ4n) is 9.72. The zero-order chi connectivity index (χ0) is 55.9. The number of aliphatic hydroxyl groups excluding tert-OH is 2. The second-order valence-corrected chi connectivity index (χ2v) is 22.6. The van der Waals surface area contributed by atoms with Gasteiger partial charge < -0.3 is 41.7 Å². The van der Waals surface area contributed by atoms with Crippen molar-refractivity contribution in [2.24, 2.45) is 0 Å². The van der Waals surface area contributed by atoms with Gasteiger partial charge in [-0.1, -0.05) is 105 Å². The summed E-state index contributed by atoms with van der Waals surface area (Å²) in [6.45, 7) is 21.6. The van der Waals surface area contributed by atoms with Crippen LogP contribution in [-0.4, -0.2) is 102 Å². The average Bonchev–Trinajstić information content (AvgIpc) is 3.31. The molecule has 3 amide bonds. The third-order valence-corrected chi connectivity index (χ3v) is 13.6. The van der Waals surface area contributed by atoms with Gasteiger partial charge in [-0.25, -0.2) is 17.6 Å². The maximum Gasteiger partial charge on any atom is 0.219 e. The van der Waals surface area contributed by atoms with Crippen LogP contribution < -0.4 is 26.6 Å². The fourth-order valence-corrected chi connectivity index (χ4v) is 9.72. The van der Waals surface area contributed by atoms with E-state index in [4.69, 9.17) is 0 Å².